The summed E-state index contributed by atoms with van der Waals surface area (Å²) in [6, 6.07) is 0. The Balaban J connectivity index is 2.16. The van der Waals surface area contributed by atoms with Crippen LogP contribution in [0.3, 0.4) is 0 Å². The third kappa shape index (κ3) is 0.647. The normalized spacial score (nSPS) is 25.1. The van der Waals surface area contributed by atoms with E-state index in [0.29, 0.717) is 5.54 Å². The zero-order valence-corrected chi connectivity index (χ0v) is 6.58. The van der Waals surface area contributed by atoms with Crippen molar-refractivity contribution >= 4 is 0 Å². The number of hydrogen-bond donors (Lipinski definition) is 0. The lowest BCUT2D eigenvalue weighted by molar-refractivity contribution is 0.374. The Hall–Kier alpha value is -0.790. The van der Waals surface area contributed by atoms with Crippen molar-refractivity contribution in [3.8, 4) is 0 Å². The molecular formula is C9H12N2. The Kier molecular flexibility index (Phi) is 0.888. The van der Waals surface area contributed by atoms with E-state index in [9.17, 15) is 0 Å². The van der Waals surface area contributed by atoms with E-state index < -0.39 is 0 Å². The standard InChI is InChI=1S/C9H12N2/c1-2-8-10-6-7-11(8)9(3-1)4-5-9/h6-7H,1-5H2. The molecule has 1 saturated carbocycles. The molecule has 1 aliphatic heterocycles. The highest BCUT2D eigenvalue weighted by atomic mass is 15.2. The number of fused-ring (bicyclic) bond motifs is 2. The van der Waals surface area contributed by atoms with E-state index in [1.807, 2.05) is 6.20 Å². The fourth-order valence-corrected chi connectivity index (χ4v) is 2.28. The summed E-state index contributed by atoms with van der Waals surface area (Å²) >= 11 is 0. The Bertz CT molecular complexity index is 284. The van der Waals surface area contributed by atoms with Gasteiger partial charge in [-0.1, -0.05) is 0 Å². The molecule has 0 atom stereocenters. The van der Waals surface area contributed by atoms with Crippen LogP contribution in [-0.2, 0) is 12.0 Å². The Morgan fingerprint density at radius 3 is 3.09 bits per heavy atom. The molecule has 11 heavy (non-hydrogen) atoms. The minimum atomic E-state index is 0.546. The van der Waals surface area contributed by atoms with Gasteiger partial charge in [0.05, 0.1) is 0 Å². The van der Waals surface area contributed by atoms with Crippen LogP contribution < -0.4 is 0 Å². The van der Waals surface area contributed by atoms with Gasteiger partial charge in [-0.25, -0.2) is 4.98 Å². The fraction of sp³-hybridized carbons (Fsp3) is 0.667. The molecule has 1 aliphatic carbocycles. The lowest BCUT2D eigenvalue weighted by Crippen LogP contribution is -2.23. The summed E-state index contributed by atoms with van der Waals surface area (Å²) in [5.74, 6) is 1.31. The van der Waals surface area contributed by atoms with Crippen LogP contribution in [0, 0.1) is 0 Å². The van der Waals surface area contributed by atoms with Crippen molar-refractivity contribution in [2.75, 3.05) is 0 Å². The van der Waals surface area contributed by atoms with Crippen molar-refractivity contribution in [3.05, 3.63) is 18.2 Å². The maximum atomic E-state index is 4.36. The average Bonchev–Trinajstić information content (AvgIpc) is 2.63. The van der Waals surface area contributed by atoms with Gasteiger partial charge in [0.15, 0.2) is 0 Å². The molecule has 1 aromatic rings. The number of aromatic nitrogens is 2. The summed E-state index contributed by atoms with van der Waals surface area (Å²) in [7, 11) is 0. The Labute approximate surface area is 66.2 Å². The molecule has 0 saturated heterocycles. The van der Waals surface area contributed by atoms with Crippen LogP contribution >= 0.6 is 0 Å². The third-order valence-corrected chi connectivity index (χ3v) is 3.10. The Morgan fingerprint density at radius 2 is 2.27 bits per heavy atom. The zero-order chi connectivity index (χ0) is 7.31. The second-order valence-corrected chi connectivity index (χ2v) is 3.79. The topological polar surface area (TPSA) is 17.8 Å². The van der Waals surface area contributed by atoms with Gasteiger partial charge in [0, 0.05) is 24.4 Å². The molecule has 58 valence electrons. The molecule has 2 heteroatoms. The van der Waals surface area contributed by atoms with Crippen LogP contribution in [0.4, 0.5) is 0 Å². The van der Waals surface area contributed by atoms with Gasteiger partial charge in [-0.2, -0.15) is 0 Å². The molecule has 0 amide bonds. The molecule has 1 spiro atoms. The van der Waals surface area contributed by atoms with E-state index in [1.54, 1.807) is 0 Å². The van der Waals surface area contributed by atoms with Crippen LogP contribution in [0.5, 0.6) is 0 Å². The highest BCUT2D eigenvalue weighted by Gasteiger charge is 2.46. The van der Waals surface area contributed by atoms with Crippen molar-refractivity contribution in [2.45, 2.75) is 37.6 Å². The maximum Gasteiger partial charge on any atom is 0.109 e. The number of nitrogens with zero attached hydrogens (tertiary/aromatic N) is 2. The fourth-order valence-electron chi connectivity index (χ4n) is 2.28. The van der Waals surface area contributed by atoms with Crippen LogP contribution in [0.15, 0.2) is 12.4 Å². The predicted octanol–water partition coefficient (Wildman–Crippen LogP) is 1.71. The molecule has 0 bridgehead atoms. The van der Waals surface area contributed by atoms with Crippen molar-refractivity contribution < 1.29 is 0 Å². The molecule has 0 radical (unpaired) electrons. The van der Waals surface area contributed by atoms with E-state index in [4.69, 9.17) is 0 Å². The molecule has 2 heterocycles. The van der Waals surface area contributed by atoms with E-state index in [2.05, 4.69) is 15.7 Å². The monoisotopic (exact) mass is 148 g/mol. The van der Waals surface area contributed by atoms with Gasteiger partial charge in [-0.3, -0.25) is 0 Å². The van der Waals surface area contributed by atoms with Gasteiger partial charge in [0.25, 0.3) is 0 Å². The van der Waals surface area contributed by atoms with Crippen LogP contribution in [0.1, 0.15) is 31.5 Å². The van der Waals surface area contributed by atoms with Gasteiger partial charge in [-0.15, -0.1) is 0 Å². The van der Waals surface area contributed by atoms with E-state index in [1.165, 1.54) is 37.9 Å². The number of aryl methyl sites for hydroxylation is 1. The number of hydrogen-bond acceptors (Lipinski definition) is 1. The van der Waals surface area contributed by atoms with Crippen molar-refractivity contribution in [1.82, 2.24) is 9.55 Å². The predicted molar refractivity (Wildman–Crippen MR) is 42.4 cm³/mol. The molecular weight excluding hydrogens is 136 g/mol. The van der Waals surface area contributed by atoms with Crippen LogP contribution in [-0.4, -0.2) is 9.55 Å². The molecule has 1 fully saturated rings. The van der Waals surface area contributed by atoms with Gasteiger partial charge < -0.3 is 4.57 Å². The number of imidazole rings is 1. The summed E-state index contributed by atoms with van der Waals surface area (Å²) in [4.78, 5) is 4.36. The maximum absolute atomic E-state index is 4.36. The first-order valence-corrected chi connectivity index (χ1v) is 4.43. The minimum absolute atomic E-state index is 0.546. The van der Waals surface area contributed by atoms with Gasteiger partial charge in [0.2, 0.25) is 0 Å². The first-order chi connectivity index (χ1) is 5.41. The molecule has 0 N–H and O–H groups in total. The highest BCUT2D eigenvalue weighted by molar-refractivity contribution is 5.11. The first-order valence-electron chi connectivity index (χ1n) is 4.43. The Morgan fingerprint density at radius 1 is 1.36 bits per heavy atom. The molecule has 0 unspecified atom stereocenters. The lowest BCUT2D eigenvalue weighted by atomic mass is 10.0. The van der Waals surface area contributed by atoms with Gasteiger partial charge in [-0.05, 0) is 25.7 Å². The quantitative estimate of drug-likeness (QED) is 0.547. The van der Waals surface area contributed by atoms with Crippen LogP contribution in [0.25, 0.3) is 0 Å². The molecule has 2 aliphatic rings. The third-order valence-electron chi connectivity index (χ3n) is 3.10. The smallest absolute Gasteiger partial charge is 0.109 e. The largest absolute Gasteiger partial charge is 0.329 e. The van der Waals surface area contributed by atoms with Crippen molar-refractivity contribution in [2.24, 2.45) is 0 Å². The highest BCUT2D eigenvalue weighted by Crippen LogP contribution is 2.50. The summed E-state index contributed by atoms with van der Waals surface area (Å²) < 4.78 is 2.41. The lowest BCUT2D eigenvalue weighted by Gasteiger charge is -2.24. The molecule has 3 rings (SSSR count). The number of rotatable bonds is 0. The second kappa shape index (κ2) is 1.68. The molecule has 0 aromatic carbocycles. The molecule has 1 aromatic heterocycles. The van der Waals surface area contributed by atoms with Gasteiger partial charge in [0.1, 0.15) is 5.82 Å². The summed E-state index contributed by atoms with van der Waals surface area (Å²) in [6.07, 6.45) is 10.8. The average molecular weight is 148 g/mol. The van der Waals surface area contributed by atoms with E-state index >= 15 is 0 Å². The summed E-state index contributed by atoms with van der Waals surface area (Å²) in [6.45, 7) is 0. The minimum Gasteiger partial charge on any atom is -0.329 e. The van der Waals surface area contributed by atoms with Gasteiger partial charge >= 0.3 is 0 Å². The van der Waals surface area contributed by atoms with Crippen molar-refractivity contribution in [3.63, 3.8) is 0 Å². The summed E-state index contributed by atoms with van der Waals surface area (Å²) in [5.41, 5.74) is 0.546. The van der Waals surface area contributed by atoms with Crippen LogP contribution in [0.2, 0.25) is 0 Å². The first kappa shape index (κ1) is 5.81. The van der Waals surface area contributed by atoms with E-state index in [0.717, 1.165) is 0 Å². The summed E-state index contributed by atoms with van der Waals surface area (Å²) in [5, 5.41) is 0. The second-order valence-electron chi connectivity index (χ2n) is 3.79. The molecule has 2 nitrogen and oxygen atoms in total. The zero-order valence-electron chi connectivity index (χ0n) is 6.58. The SMILES string of the molecule is c1cn2c(n1)CCCC21CC1. The van der Waals surface area contributed by atoms with E-state index in [-0.39, 0.29) is 0 Å². The van der Waals surface area contributed by atoms with Crippen molar-refractivity contribution in [1.29, 1.82) is 0 Å².